The van der Waals surface area contributed by atoms with Crippen LogP contribution in [0.25, 0.3) is 0 Å². The third-order valence-electron chi connectivity index (χ3n) is 2.44. The minimum Gasteiger partial charge on any atom is -0.358 e. The SMILES string of the molecule is CNC(=O)[C@@H](C)NCc1cnn(C(C)C)c1.Cl. The number of aromatic nitrogens is 2. The molecule has 0 aliphatic carbocycles. The molecule has 0 radical (unpaired) electrons. The molecule has 0 saturated carbocycles. The van der Waals surface area contributed by atoms with Gasteiger partial charge in [0.15, 0.2) is 0 Å². The van der Waals surface area contributed by atoms with Crippen molar-refractivity contribution in [1.29, 1.82) is 0 Å². The van der Waals surface area contributed by atoms with Crippen molar-refractivity contribution in [3.63, 3.8) is 0 Å². The zero-order valence-corrected chi connectivity index (χ0v) is 11.5. The van der Waals surface area contributed by atoms with E-state index in [-0.39, 0.29) is 24.4 Å². The van der Waals surface area contributed by atoms with E-state index in [1.807, 2.05) is 24.0 Å². The monoisotopic (exact) mass is 260 g/mol. The lowest BCUT2D eigenvalue weighted by Gasteiger charge is -2.10. The first-order valence-corrected chi connectivity index (χ1v) is 5.52. The van der Waals surface area contributed by atoms with Gasteiger partial charge in [0.25, 0.3) is 0 Å². The summed E-state index contributed by atoms with van der Waals surface area (Å²) in [6.07, 6.45) is 3.82. The first kappa shape index (κ1) is 15.9. The van der Waals surface area contributed by atoms with Crippen molar-refractivity contribution in [1.82, 2.24) is 20.4 Å². The molecule has 0 spiro atoms. The van der Waals surface area contributed by atoms with Gasteiger partial charge in [-0.05, 0) is 20.8 Å². The van der Waals surface area contributed by atoms with E-state index < -0.39 is 0 Å². The molecule has 1 aromatic heterocycles. The maximum Gasteiger partial charge on any atom is 0.236 e. The molecule has 0 saturated heterocycles. The lowest BCUT2D eigenvalue weighted by Crippen LogP contribution is -2.40. The van der Waals surface area contributed by atoms with Gasteiger partial charge in [0.05, 0.1) is 12.2 Å². The Morgan fingerprint density at radius 1 is 1.47 bits per heavy atom. The highest BCUT2D eigenvalue weighted by Crippen LogP contribution is 2.05. The van der Waals surface area contributed by atoms with Crippen LogP contribution in [-0.4, -0.2) is 28.8 Å². The second kappa shape index (κ2) is 7.29. The summed E-state index contributed by atoms with van der Waals surface area (Å²) in [5, 5.41) is 9.97. The van der Waals surface area contributed by atoms with Crippen LogP contribution in [0.2, 0.25) is 0 Å². The average Bonchev–Trinajstić information content (AvgIpc) is 2.73. The minimum absolute atomic E-state index is 0. The molecular formula is C11H21ClN4O. The van der Waals surface area contributed by atoms with Crippen LogP contribution in [0.5, 0.6) is 0 Å². The van der Waals surface area contributed by atoms with Gasteiger partial charge in [-0.3, -0.25) is 9.48 Å². The zero-order valence-electron chi connectivity index (χ0n) is 10.7. The summed E-state index contributed by atoms with van der Waals surface area (Å²) in [6.45, 7) is 6.65. The molecule has 0 fully saturated rings. The van der Waals surface area contributed by atoms with Crippen LogP contribution in [0.3, 0.4) is 0 Å². The molecule has 1 aromatic rings. The predicted octanol–water partition coefficient (Wildman–Crippen LogP) is 1.11. The number of hydrogen-bond acceptors (Lipinski definition) is 3. The molecule has 1 heterocycles. The molecule has 0 aliphatic rings. The summed E-state index contributed by atoms with van der Waals surface area (Å²) >= 11 is 0. The zero-order chi connectivity index (χ0) is 12.1. The van der Waals surface area contributed by atoms with Crippen molar-refractivity contribution in [3.8, 4) is 0 Å². The molecule has 1 amide bonds. The quantitative estimate of drug-likeness (QED) is 0.834. The van der Waals surface area contributed by atoms with Crippen LogP contribution in [0.1, 0.15) is 32.4 Å². The predicted molar refractivity (Wildman–Crippen MR) is 70.2 cm³/mol. The highest BCUT2D eigenvalue weighted by Gasteiger charge is 2.10. The van der Waals surface area contributed by atoms with Crippen LogP contribution in [-0.2, 0) is 11.3 Å². The summed E-state index contributed by atoms with van der Waals surface area (Å²) in [6, 6.07) is 0.178. The van der Waals surface area contributed by atoms with Crippen molar-refractivity contribution in [2.75, 3.05) is 7.05 Å². The average molecular weight is 261 g/mol. The number of nitrogens with zero attached hydrogens (tertiary/aromatic N) is 2. The second-order valence-corrected chi connectivity index (χ2v) is 4.14. The van der Waals surface area contributed by atoms with Crippen molar-refractivity contribution in [2.45, 2.75) is 39.4 Å². The van der Waals surface area contributed by atoms with Gasteiger partial charge in [0, 0.05) is 31.4 Å². The summed E-state index contributed by atoms with van der Waals surface area (Å²) in [4.78, 5) is 11.3. The number of hydrogen-bond donors (Lipinski definition) is 2. The fraction of sp³-hybridized carbons (Fsp3) is 0.636. The smallest absolute Gasteiger partial charge is 0.236 e. The lowest BCUT2D eigenvalue weighted by molar-refractivity contribution is -0.122. The van der Waals surface area contributed by atoms with Gasteiger partial charge in [-0.25, -0.2) is 0 Å². The lowest BCUT2D eigenvalue weighted by atomic mass is 10.3. The Bertz CT molecular complexity index is 351. The third-order valence-corrected chi connectivity index (χ3v) is 2.44. The van der Waals surface area contributed by atoms with E-state index in [9.17, 15) is 4.79 Å². The van der Waals surface area contributed by atoms with Crippen molar-refractivity contribution >= 4 is 18.3 Å². The van der Waals surface area contributed by atoms with E-state index >= 15 is 0 Å². The molecule has 1 rings (SSSR count). The first-order valence-electron chi connectivity index (χ1n) is 5.52. The highest BCUT2D eigenvalue weighted by molar-refractivity contribution is 5.85. The molecule has 1 atom stereocenters. The van der Waals surface area contributed by atoms with E-state index in [2.05, 4.69) is 29.6 Å². The van der Waals surface area contributed by atoms with Crippen LogP contribution in [0.15, 0.2) is 12.4 Å². The van der Waals surface area contributed by atoms with E-state index in [1.165, 1.54) is 0 Å². The Balaban J connectivity index is 0.00000256. The number of amides is 1. The first-order chi connectivity index (χ1) is 7.54. The Hall–Kier alpha value is -1.07. The van der Waals surface area contributed by atoms with Gasteiger partial charge in [-0.1, -0.05) is 0 Å². The fourth-order valence-electron chi connectivity index (χ4n) is 1.33. The van der Waals surface area contributed by atoms with Crippen LogP contribution >= 0.6 is 12.4 Å². The molecule has 5 nitrogen and oxygen atoms in total. The van der Waals surface area contributed by atoms with Gasteiger partial charge in [0.2, 0.25) is 5.91 Å². The topological polar surface area (TPSA) is 59.0 Å². The maximum absolute atomic E-state index is 11.3. The molecule has 6 heteroatoms. The van der Waals surface area contributed by atoms with Gasteiger partial charge in [-0.2, -0.15) is 5.10 Å². The van der Waals surface area contributed by atoms with Crippen molar-refractivity contribution in [2.24, 2.45) is 0 Å². The standard InChI is InChI=1S/C11H20N4O.ClH/c1-8(2)15-7-10(6-14-15)5-13-9(3)11(16)12-4;/h6-9,13H,5H2,1-4H3,(H,12,16);1H/t9-;/m1./s1. The van der Waals surface area contributed by atoms with Gasteiger partial charge in [-0.15, -0.1) is 12.4 Å². The van der Waals surface area contributed by atoms with Gasteiger partial charge in [0.1, 0.15) is 0 Å². The number of rotatable bonds is 5. The highest BCUT2D eigenvalue weighted by atomic mass is 35.5. The van der Waals surface area contributed by atoms with Crippen LogP contribution in [0.4, 0.5) is 0 Å². The van der Waals surface area contributed by atoms with Crippen LogP contribution < -0.4 is 10.6 Å². The fourth-order valence-corrected chi connectivity index (χ4v) is 1.33. The maximum atomic E-state index is 11.3. The molecule has 98 valence electrons. The van der Waals surface area contributed by atoms with Gasteiger partial charge >= 0.3 is 0 Å². The molecule has 17 heavy (non-hydrogen) atoms. The summed E-state index contributed by atoms with van der Waals surface area (Å²) in [5.74, 6) is -0.00347. The molecular weight excluding hydrogens is 240 g/mol. The number of likely N-dealkylation sites (N-methyl/N-ethyl adjacent to an activating group) is 1. The third kappa shape index (κ3) is 4.75. The van der Waals surface area contributed by atoms with Gasteiger partial charge < -0.3 is 10.6 Å². The van der Waals surface area contributed by atoms with Crippen molar-refractivity contribution in [3.05, 3.63) is 18.0 Å². The molecule has 0 bridgehead atoms. The molecule has 2 N–H and O–H groups in total. The minimum atomic E-state index is -0.188. The molecule has 0 aromatic carbocycles. The Labute approximate surface area is 108 Å². The van der Waals surface area contributed by atoms with E-state index in [0.29, 0.717) is 12.6 Å². The summed E-state index contributed by atoms with van der Waals surface area (Å²) < 4.78 is 1.90. The number of nitrogens with one attached hydrogen (secondary N) is 2. The Kier molecular flexibility index (Phi) is 6.83. The normalized spacial score (nSPS) is 12.1. The van der Waals surface area contributed by atoms with E-state index in [1.54, 1.807) is 7.05 Å². The van der Waals surface area contributed by atoms with Crippen LogP contribution in [0, 0.1) is 0 Å². The number of carbonyl (C=O) groups is 1. The Morgan fingerprint density at radius 3 is 2.59 bits per heavy atom. The summed E-state index contributed by atoms with van der Waals surface area (Å²) in [7, 11) is 1.64. The number of halogens is 1. The van der Waals surface area contributed by atoms with E-state index in [0.717, 1.165) is 5.56 Å². The Morgan fingerprint density at radius 2 is 2.12 bits per heavy atom. The second-order valence-electron chi connectivity index (χ2n) is 4.14. The largest absolute Gasteiger partial charge is 0.358 e. The molecule has 0 aliphatic heterocycles. The number of carbonyl (C=O) groups excluding carboxylic acids is 1. The van der Waals surface area contributed by atoms with Crippen molar-refractivity contribution < 1.29 is 4.79 Å². The van der Waals surface area contributed by atoms with E-state index in [4.69, 9.17) is 0 Å². The summed E-state index contributed by atoms with van der Waals surface area (Å²) in [5.41, 5.74) is 1.09. The molecule has 0 unspecified atom stereocenters.